The first-order chi connectivity index (χ1) is 8.61. The molecule has 0 saturated heterocycles. The van der Waals surface area contributed by atoms with E-state index in [1.807, 2.05) is 12.1 Å². The number of nitrogens with one attached hydrogen (secondary N) is 1. The largest absolute Gasteiger partial charge is 0.477 e. The summed E-state index contributed by atoms with van der Waals surface area (Å²) in [6, 6.07) is 7.03. The van der Waals surface area contributed by atoms with Gasteiger partial charge in [-0.2, -0.15) is 5.10 Å². The van der Waals surface area contributed by atoms with Crippen molar-refractivity contribution >= 4 is 29.3 Å². The van der Waals surface area contributed by atoms with Gasteiger partial charge in [-0.05, 0) is 30.0 Å². The van der Waals surface area contributed by atoms with Gasteiger partial charge in [0.1, 0.15) is 5.69 Å². The third-order valence-corrected chi connectivity index (χ3v) is 3.52. The lowest BCUT2D eigenvalue weighted by molar-refractivity contribution is 0.0690. The summed E-state index contributed by atoms with van der Waals surface area (Å²) in [6.45, 7) is 2.05. The number of hydrogen-bond acceptors (Lipinski definition) is 3. The van der Waals surface area contributed by atoms with Gasteiger partial charge in [-0.3, -0.25) is 5.10 Å². The molecule has 0 amide bonds. The number of hydrogen-bond donors (Lipinski definition) is 2. The number of halogens is 1. The second kappa shape index (κ2) is 5.46. The second-order valence-corrected chi connectivity index (χ2v) is 5.29. The number of H-pyrrole nitrogens is 1. The van der Waals surface area contributed by atoms with Crippen molar-refractivity contribution in [1.82, 2.24) is 10.2 Å². The zero-order valence-corrected chi connectivity index (χ0v) is 11.2. The predicted octanol–water partition coefficient (Wildman–Crippen LogP) is 3.54. The lowest BCUT2D eigenvalue weighted by Gasteiger charge is -2.06. The SMILES string of the molecule is CCSc1ccc(Cl)cc1-c1cc(C(=O)O)[nH]n1. The van der Waals surface area contributed by atoms with Gasteiger partial charge < -0.3 is 5.11 Å². The molecule has 0 unspecified atom stereocenters. The van der Waals surface area contributed by atoms with Crippen molar-refractivity contribution in [3.63, 3.8) is 0 Å². The van der Waals surface area contributed by atoms with E-state index in [1.165, 1.54) is 6.07 Å². The molecule has 0 spiro atoms. The first kappa shape index (κ1) is 13.0. The number of aromatic carboxylic acids is 1. The van der Waals surface area contributed by atoms with Gasteiger partial charge in [-0.25, -0.2) is 4.79 Å². The molecule has 0 aliphatic rings. The molecule has 0 radical (unpaired) electrons. The lowest BCUT2D eigenvalue weighted by Crippen LogP contribution is -1.95. The Morgan fingerprint density at radius 2 is 2.28 bits per heavy atom. The first-order valence-electron chi connectivity index (χ1n) is 5.33. The Morgan fingerprint density at radius 1 is 1.50 bits per heavy atom. The average Bonchev–Trinajstić information content (AvgIpc) is 2.81. The van der Waals surface area contributed by atoms with E-state index in [9.17, 15) is 4.79 Å². The standard InChI is InChI=1S/C12H11ClN2O2S/c1-2-18-11-4-3-7(13)5-8(11)9-6-10(12(16)17)15-14-9/h3-6H,2H2,1H3,(H,14,15)(H,16,17). The summed E-state index contributed by atoms with van der Waals surface area (Å²) in [6.07, 6.45) is 0. The third kappa shape index (κ3) is 2.68. The van der Waals surface area contributed by atoms with Gasteiger partial charge in [-0.1, -0.05) is 18.5 Å². The van der Waals surface area contributed by atoms with Crippen LogP contribution in [0.4, 0.5) is 0 Å². The van der Waals surface area contributed by atoms with Gasteiger partial charge >= 0.3 is 5.97 Å². The zero-order valence-electron chi connectivity index (χ0n) is 9.61. The quantitative estimate of drug-likeness (QED) is 0.842. The maximum absolute atomic E-state index is 10.8. The Kier molecular flexibility index (Phi) is 3.93. The molecule has 0 aliphatic heterocycles. The fraction of sp³-hybridized carbons (Fsp3) is 0.167. The van der Waals surface area contributed by atoms with Gasteiger partial charge in [0.25, 0.3) is 0 Å². The molecule has 0 saturated carbocycles. The van der Waals surface area contributed by atoms with Crippen molar-refractivity contribution in [2.45, 2.75) is 11.8 Å². The Morgan fingerprint density at radius 3 is 2.89 bits per heavy atom. The van der Waals surface area contributed by atoms with Crippen molar-refractivity contribution in [3.8, 4) is 11.3 Å². The van der Waals surface area contributed by atoms with Crippen LogP contribution in [0.3, 0.4) is 0 Å². The first-order valence-corrected chi connectivity index (χ1v) is 6.69. The smallest absolute Gasteiger partial charge is 0.353 e. The highest BCUT2D eigenvalue weighted by atomic mass is 35.5. The minimum atomic E-state index is -1.03. The summed E-state index contributed by atoms with van der Waals surface area (Å²) in [5.74, 6) is -0.106. The second-order valence-electron chi connectivity index (χ2n) is 3.55. The molecule has 1 heterocycles. The number of aromatic nitrogens is 2. The van der Waals surface area contributed by atoms with Crippen LogP contribution in [0.2, 0.25) is 5.02 Å². The van der Waals surface area contributed by atoms with Crippen LogP contribution in [-0.2, 0) is 0 Å². The number of rotatable bonds is 4. The van der Waals surface area contributed by atoms with E-state index in [-0.39, 0.29) is 5.69 Å². The number of nitrogens with zero attached hydrogens (tertiary/aromatic N) is 1. The summed E-state index contributed by atoms with van der Waals surface area (Å²) in [5, 5.41) is 16.0. The molecule has 2 aromatic rings. The topological polar surface area (TPSA) is 66.0 Å². The maximum Gasteiger partial charge on any atom is 0.353 e. The Balaban J connectivity index is 2.47. The van der Waals surface area contributed by atoms with Crippen LogP contribution in [0.5, 0.6) is 0 Å². The van der Waals surface area contributed by atoms with Crippen molar-refractivity contribution in [2.75, 3.05) is 5.75 Å². The van der Waals surface area contributed by atoms with Gasteiger partial charge in [0.15, 0.2) is 0 Å². The lowest BCUT2D eigenvalue weighted by atomic mass is 10.1. The van der Waals surface area contributed by atoms with E-state index in [0.29, 0.717) is 10.7 Å². The number of aromatic amines is 1. The van der Waals surface area contributed by atoms with Crippen molar-refractivity contribution in [2.24, 2.45) is 0 Å². The summed E-state index contributed by atoms with van der Waals surface area (Å²) in [5.41, 5.74) is 1.50. The normalized spacial score (nSPS) is 10.6. The molecule has 94 valence electrons. The summed E-state index contributed by atoms with van der Waals surface area (Å²) < 4.78 is 0. The van der Waals surface area contributed by atoms with Crippen LogP contribution >= 0.6 is 23.4 Å². The fourth-order valence-electron chi connectivity index (χ4n) is 1.55. The molecule has 6 heteroatoms. The molecule has 2 rings (SSSR count). The van der Waals surface area contributed by atoms with Gasteiger partial charge in [-0.15, -0.1) is 11.8 Å². The molecule has 1 aromatic carbocycles. The van der Waals surface area contributed by atoms with Crippen molar-refractivity contribution in [3.05, 3.63) is 35.0 Å². The van der Waals surface area contributed by atoms with Crippen LogP contribution < -0.4 is 0 Å². The number of carboxylic acid groups (broad SMARTS) is 1. The monoisotopic (exact) mass is 282 g/mol. The number of thioether (sulfide) groups is 1. The van der Waals surface area contributed by atoms with Gasteiger partial charge in [0.2, 0.25) is 0 Å². The fourth-order valence-corrected chi connectivity index (χ4v) is 2.52. The Bertz CT molecular complexity index is 583. The summed E-state index contributed by atoms with van der Waals surface area (Å²) in [7, 11) is 0. The van der Waals surface area contributed by atoms with Crippen LogP contribution in [0.25, 0.3) is 11.3 Å². The number of carbonyl (C=O) groups is 1. The molecule has 0 atom stereocenters. The highest BCUT2D eigenvalue weighted by molar-refractivity contribution is 7.99. The highest BCUT2D eigenvalue weighted by Crippen LogP contribution is 2.32. The van der Waals surface area contributed by atoms with Crippen molar-refractivity contribution in [1.29, 1.82) is 0 Å². The number of benzene rings is 1. The summed E-state index contributed by atoms with van der Waals surface area (Å²) in [4.78, 5) is 11.9. The van der Waals surface area contributed by atoms with Crippen LogP contribution in [0.1, 0.15) is 17.4 Å². The molecule has 4 nitrogen and oxygen atoms in total. The van der Waals surface area contributed by atoms with E-state index in [1.54, 1.807) is 17.8 Å². The molecule has 18 heavy (non-hydrogen) atoms. The Hall–Kier alpha value is -1.46. The van der Waals surface area contributed by atoms with E-state index < -0.39 is 5.97 Å². The van der Waals surface area contributed by atoms with E-state index in [2.05, 4.69) is 17.1 Å². The van der Waals surface area contributed by atoms with Gasteiger partial charge in [0, 0.05) is 15.5 Å². The predicted molar refractivity (Wildman–Crippen MR) is 72.4 cm³/mol. The van der Waals surface area contributed by atoms with Crippen LogP contribution in [0.15, 0.2) is 29.2 Å². The zero-order chi connectivity index (χ0) is 13.1. The maximum atomic E-state index is 10.8. The molecule has 1 aromatic heterocycles. The van der Waals surface area contributed by atoms with E-state index in [4.69, 9.17) is 16.7 Å². The molecular weight excluding hydrogens is 272 g/mol. The highest BCUT2D eigenvalue weighted by Gasteiger charge is 2.12. The van der Waals surface area contributed by atoms with Crippen LogP contribution in [-0.4, -0.2) is 27.0 Å². The van der Waals surface area contributed by atoms with Gasteiger partial charge in [0.05, 0.1) is 5.69 Å². The molecule has 0 aliphatic carbocycles. The van der Waals surface area contributed by atoms with Crippen molar-refractivity contribution < 1.29 is 9.90 Å². The molecule has 0 bridgehead atoms. The molecule has 2 N–H and O–H groups in total. The number of carboxylic acids is 1. The third-order valence-electron chi connectivity index (χ3n) is 2.33. The van der Waals surface area contributed by atoms with Crippen LogP contribution in [0, 0.1) is 0 Å². The van der Waals surface area contributed by atoms with E-state index >= 15 is 0 Å². The average molecular weight is 283 g/mol. The van der Waals surface area contributed by atoms with E-state index in [0.717, 1.165) is 16.2 Å². The molecular formula is C12H11ClN2O2S. The minimum Gasteiger partial charge on any atom is -0.477 e. The Labute approximate surface area is 113 Å². The summed E-state index contributed by atoms with van der Waals surface area (Å²) >= 11 is 7.64. The molecule has 0 fully saturated rings. The minimum absolute atomic E-state index is 0.0671.